The molecular weight excluding hydrogens is 228 g/mol. The fraction of sp³-hybridized carbons (Fsp3) is 0.300. The van der Waals surface area contributed by atoms with E-state index in [9.17, 15) is 20.0 Å². The van der Waals surface area contributed by atoms with Crippen molar-refractivity contribution in [1.82, 2.24) is 0 Å². The van der Waals surface area contributed by atoms with Crippen LogP contribution in [0.1, 0.15) is 5.56 Å². The number of rotatable bonds is 4. The van der Waals surface area contributed by atoms with Crippen LogP contribution >= 0.6 is 0 Å². The number of phenols is 1. The highest BCUT2D eigenvalue weighted by atomic mass is 16.6. The van der Waals surface area contributed by atoms with Crippen LogP contribution in [-0.2, 0) is 16.0 Å². The average molecular weight is 240 g/mol. The molecule has 0 saturated heterocycles. The summed E-state index contributed by atoms with van der Waals surface area (Å²) in [4.78, 5) is 21.0. The summed E-state index contributed by atoms with van der Waals surface area (Å²) in [6, 6.07) is 3.08. The molecule has 1 aromatic rings. The van der Waals surface area contributed by atoms with E-state index in [0.717, 1.165) is 0 Å². The van der Waals surface area contributed by atoms with Gasteiger partial charge in [-0.15, -0.1) is 0 Å². The van der Waals surface area contributed by atoms with Gasteiger partial charge in [0, 0.05) is 18.1 Å². The largest absolute Gasteiger partial charge is 0.502 e. The number of hydrogen-bond acceptors (Lipinski definition) is 6. The monoisotopic (exact) mass is 240 g/mol. The second-order valence-electron chi connectivity index (χ2n) is 3.38. The molecule has 1 atom stereocenters. The zero-order valence-corrected chi connectivity index (χ0v) is 9.12. The molecule has 0 heterocycles. The topological polar surface area (TPSA) is 116 Å². The third-order valence-corrected chi connectivity index (χ3v) is 2.24. The van der Waals surface area contributed by atoms with E-state index in [1.807, 2.05) is 0 Å². The van der Waals surface area contributed by atoms with Gasteiger partial charge in [-0.05, 0) is 0 Å². The van der Waals surface area contributed by atoms with Crippen LogP contribution in [0.4, 0.5) is 5.69 Å². The Labute approximate surface area is 97.0 Å². The number of phenolic OH excluding ortho intramolecular Hbond substituents is 1. The van der Waals surface area contributed by atoms with Gasteiger partial charge >= 0.3 is 11.7 Å². The zero-order chi connectivity index (χ0) is 13.0. The van der Waals surface area contributed by atoms with Gasteiger partial charge in [0.1, 0.15) is 6.04 Å². The lowest BCUT2D eigenvalue weighted by atomic mass is 10.0. The Balaban J connectivity index is 2.96. The van der Waals surface area contributed by atoms with Crippen LogP contribution in [0.5, 0.6) is 5.75 Å². The SMILES string of the molecule is COC(=O)[C@@H](N)Cc1cccc([N+](=O)[O-])c1O. The Bertz CT molecular complexity index is 446. The lowest BCUT2D eigenvalue weighted by Gasteiger charge is -2.10. The molecule has 17 heavy (non-hydrogen) atoms. The number of nitrogens with two attached hydrogens (primary N) is 1. The highest BCUT2D eigenvalue weighted by molar-refractivity contribution is 5.76. The van der Waals surface area contributed by atoms with Crippen molar-refractivity contribution < 1.29 is 19.6 Å². The predicted octanol–water partition coefficient (Wildman–Crippen LogP) is 0.343. The van der Waals surface area contributed by atoms with Crippen LogP contribution < -0.4 is 5.73 Å². The lowest BCUT2D eigenvalue weighted by Crippen LogP contribution is -2.33. The van der Waals surface area contributed by atoms with Gasteiger partial charge in [-0.3, -0.25) is 14.9 Å². The molecule has 0 bridgehead atoms. The fourth-order valence-corrected chi connectivity index (χ4v) is 1.36. The minimum absolute atomic E-state index is 0.0276. The number of ether oxygens (including phenoxy) is 1. The Morgan fingerprint density at radius 3 is 2.82 bits per heavy atom. The second-order valence-corrected chi connectivity index (χ2v) is 3.38. The molecule has 0 fully saturated rings. The Kier molecular flexibility index (Phi) is 4.00. The van der Waals surface area contributed by atoms with Crippen molar-refractivity contribution in [3.8, 4) is 5.75 Å². The maximum Gasteiger partial charge on any atom is 0.322 e. The van der Waals surface area contributed by atoms with Crippen molar-refractivity contribution in [2.24, 2.45) is 5.73 Å². The summed E-state index contributed by atoms with van der Waals surface area (Å²) in [6.45, 7) is 0. The summed E-state index contributed by atoms with van der Waals surface area (Å²) in [6.07, 6.45) is -0.0276. The molecule has 0 aliphatic rings. The van der Waals surface area contributed by atoms with E-state index in [-0.39, 0.29) is 12.0 Å². The molecule has 0 aliphatic heterocycles. The van der Waals surface area contributed by atoms with E-state index in [0.29, 0.717) is 0 Å². The van der Waals surface area contributed by atoms with Gasteiger partial charge in [-0.1, -0.05) is 12.1 Å². The molecule has 92 valence electrons. The zero-order valence-electron chi connectivity index (χ0n) is 9.12. The van der Waals surface area contributed by atoms with Crippen molar-refractivity contribution in [3.05, 3.63) is 33.9 Å². The molecule has 0 amide bonds. The number of benzene rings is 1. The molecule has 7 nitrogen and oxygen atoms in total. The highest BCUT2D eigenvalue weighted by Gasteiger charge is 2.21. The molecule has 0 aromatic heterocycles. The third-order valence-electron chi connectivity index (χ3n) is 2.24. The first-order valence-corrected chi connectivity index (χ1v) is 4.76. The summed E-state index contributed by atoms with van der Waals surface area (Å²) in [5, 5.41) is 20.2. The smallest absolute Gasteiger partial charge is 0.322 e. The highest BCUT2D eigenvalue weighted by Crippen LogP contribution is 2.29. The van der Waals surface area contributed by atoms with Crippen molar-refractivity contribution in [3.63, 3.8) is 0 Å². The summed E-state index contributed by atoms with van der Waals surface area (Å²) in [5.41, 5.74) is 5.32. The first kappa shape index (κ1) is 12.9. The molecule has 1 aromatic carbocycles. The average Bonchev–Trinajstić information content (AvgIpc) is 2.30. The van der Waals surface area contributed by atoms with Gasteiger partial charge in [-0.25, -0.2) is 0 Å². The van der Waals surface area contributed by atoms with E-state index >= 15 is 0 Å². The summed E-state index contributed by atoms with van der Waals surface area (Å²) in [5.74, 6) is -1.12. The van der Waals surface area contributed by atoms with Crippen molar-refractivity contribution in [1.29, 1.82) is 0 Å². The van der Waals surface area contributed by atoms with E-state index < -0.39 is 28.4 Å². The van der Waals surface area contributed by atoms with E-state index in [2.05, 4.69) is 4.74 Å². The summed E-state index contributed by atoms with van der Waals surface area (Å²) < 4.78 is 4.42. The van der Waals surface area contributed by atoms with Gasteiger partial charge in [0.05, 0.1) is 12.0 Å². The number of methoxy groups -OCH3 is 1. The molecule has 0 saturated carbocycles. The lowest BCUT2D eigenvalue weighted by molar-refractivity contribution is -0.385. The van der Waals surface area contributed by atoms with Crippen LogP contribution in [0, 0.1) is 10.1 Å². The number of carbonyl (C=O) groups excluding carboxylic acids is 1. The van der Waals surface area contributed by atoms with E-state index in [1.54, 1.807) is 0 Å². The van der Waals surface area contributed by atoms with Crippen LogP contribution in [-0.4, -0.2) is 29.2 Å². The standard InChI is InChI=1S/C10H12N2O5/c1-17-10(14)7(11)5-6-3-2-4-8(9(6)13)12(15)16/h2-4,7,13H,5,11H2,1H3/t7-/m0/s1. The van der Waals surface area contributed by atoms with Crippen LogP contribution in [0.25, 0.3) is 0 Å². The predicted molar refractivity (Wildman–Crippen MR) is 58.5 cm³/mol. The molecule has 0 radical (unpaired) electrons. The fourth-order valence-electron chi connectivity index (χ4n) is 1.36. The first-order valence-electron chi connectivity index (χ1n) is 4.76. The molecule has 0 aliphatic carbocycles. The Morgan fingerprint density at radius 2 is 2.29 bits per heavy atom. The Hall–Kier alpha value is -2.15. The maximum absolute atomic E-state index is 11.1. The van der Waals surface area contributed by atoms with Gasteiger partial charge in [0.25, 0.3) is 0 Å². The van der Waals surface area contributed by atoms with Crippen LogP contribution in [0.2, 0.25) is 0 Å². The van der Waals surface area contributed by atoms with Crippen molar-refractivity contribution >= 4 is 11.7 Å². The number of esters is 1. The molecule has 7 heteroatoms. The number of hydrogen-bond donors (Lipinski definition) is 2. The number of nitrogens with zero attached hydrogens (tertiary/aromatic N) is 1. The van der Waals surface area contributed by atoms with Crippen molar-refractivity contribution in [2.75, 3.05) is 7.11 Å². The first-order chi connectivity index (χ1) is 7.97. The van der Waals surface area contributed by atoms with Gasteiger partial charge in [-0.2, -0.15) is 0 Å². The van der Waals surface area contributed by atoms with Crippen LogP contribution in [0.15, 0.2) is 18.2 Å². The quantitative estimate of drug-likeness (QED) is 0.445. The summed E-state index contributed by atoms with van der Waals surface area (Å²) in [7, 11) is 1.19. The minimum Gasteiger partial charge on any atom is -0.502 e. The van der Waals surface area contributed by atoms with E-state index in [4.69, 9.17) is 5.73 Å². The number of nitro groups is 1. The molecular formula is C10H12N2O5. The number of aromatic hydroxyl groups is 1. The summed E-state index contributed by atoms with van der Waals surface area (Å²) >= 11 is 0. The van der Waals surface area contributed by atoms with Gasteiger partial charge in [0.15, 0.2) is 5.75 Å². The molecule has 1 rings (SSSR count). The normalized spacial score (nSPS) is 11.9. The molecule has 0 unspecified atom stereocenters. The third kappa shape index (κ3) is 2.91. The van der Waals surface area contributed by atoms with Gasteiger partial charge < -0.3 is 15.6 Å². The Morgan fingerprint density at radius 1 is 1.65 bits per heavy atom. The maximum atomic E-state index is 11.1. The van der Waals surface area contributed by atoms with Crippen LogP contribution in [0.3, 0.4) is 0 Å². The van der Waals surface area contributed by atoms with Gasteiger partial charge in [0.2, 0.25) is 0 Å². The molecule has 3 N–H and O–H groups in total. The number of carbonyl (C=O) groups is 1. The number of para-hydroxylation sites is 1. The number of nitro benzene ring substituents is 1. The van der Waals surface area contributed by atoms with Crippen molar-refractivity contribution in [2.45, 2.75) is 12.5 Å². The van der Waals surface area contributed by atoms with E-state index in [1.165, 1.54) is 25.3 Å². The molecule has 0 spiro atoms. The minimum atomic E-state index is -0.965. The second kappa shape index (κ2) is 5.26.